The molecule has 8 nitrogen and oxygen atoms in total. The van der Waals surface area contributed by atoms with Gasteiger partial charge in [0.1, 0.15) is 6.04 Å². The third-order valence-electron chi connectivity index (χ3n) is 8.43. The van der Waals surface area contributed by atoms with Crippen LogP contribution in [0.5, 0.6) is 0 Å². The minimum absolute atomic E-state index is 0.0969. The molecule has 1 saturated heterocycles. The molecule has 0 saturated carbocycles. The summed E-state index contributed by atoms with van der Waals surface area (Å²) in [7, 11) is 0. The van der Waals surface area contributed by atoms with Gasteiger partial charge in [0.2, 0.25) is 0 Å². The lowest BCUT2D eigenvalue weighted by molar-refractivity contribution is 0.199. The quantitative estimate of drug-likeness (QED) is 0.312. The second-order valence-corrected chi connectivity index (χ2v) is 11.3. The first-order valence-corrected chi connectivity index (χ1v) is 14.4. The number of aryl methyl sites for hydroxylation is 6. The summed E-state index contributed by atoms with van der Waals surface area (Å²) >= 11 is 0. The molecule has 1 aliphatic rings. The number of aromatic nitrogens is 5. The number of H-pyrrole nitrogens is 1. The largest absolute Gasteiger partial charge is 0.369 e. The number of aromatic amines is 1. The van der Waals surface area contributed by atoms with Crippen LogP contribution < -0.4 is 10.5 Å². The molecule has 0 radical (unpaired) electrons. The van der Waals surface area contributed by atoms with Crippen LogP contribution >= 0.6 is 0 Å². The Morgan fingerprint density at radius 1 is 0.854 bits per heavy atom. The predicted octanol–water partition coefficient (Wildman–Crippen LogP) is 4.90. The Balaban J connectivity index is 1.37. The third kappa shape index (κ3) is 5.52. The van der Waals surface area contributed by atoms with Crippen LogP contribution in [0.1, 0.15) is 45.2 Å². The van der Waals surface area contributed by atoms with Gasteiger partial charge in [0.15, 0.2) is 5.82 Å². The van der Waals surface area contributed by atoms with Crippen molar-refractivity contribution in [3.05, 3.63) is 116 Å². The molecule has 0 unspecified atom stereocenters. The van der Waals surface area contributed by atoms with Gasteiger partial charge in [-0.05, 0) is 102 Å². The van der Waals surface area contributed by atoms with Crippen LogP contribution in [-0.4, -0.2) is 56.3 Å². The Kier molecular flexibility index (Phi) is 7.41. The number of nitrogens with zero attached hydrogens (tertiary/aromatic N) is 6. The Labute approximate surface area is 240 Å². The highest BCUT2D eigenvalue weighted by molar-refractivity contribution is 5.81. The average Bonchev–Trinajstić information content (AvgIpc) is 3.44. The van der Waals surface area contributed by atoms with Gasteiger partial charge in [-0.3, -0.25) is 9.69 Å². The van der Waals surface area contributed by atoms with Crippen molar-refractivity contribution in [2.75, 3.05) is 31.1 Å². The summed E-state index contributed by atoms with van der Waals surface area (Å²) < 4.78 is 1.87. The molecule has 0 amide bonds. The van der Waals surface area contributed by atoms with Gasteiger partial charge in [0.05, 0.1) is 0 Å². The van der Waals surface area contributed by atoms with Gasteiger partial charge in [0, 0.05) is 49.5 Å². The van der Waals surface area contributed by atoms with Crippen molar-refractivity contribution in [3.63, 3.8) is 0 Å². The van der Waals surface area contributed by atoms with Gasteiger partial charge >= 0.3 is 0 Å². The van der Waals surface area contributed by atoms with E-state index in [2.05, 4.69) is 100 Å². The molecule has 3 aromatic carbocycles. The zero-order valence-corrected chi connectivity index (χ0v) is 24.3. The normalized spacial score (nSPS) is 15.0. The first-order chi connectivity index (χ1) is 19.9. The highest BCUT2D eigenvalue weighted by atomic mass is 16.1. The second kappa shape index (κ2) is 11.3. The Morgan fingerprint density at radius 2 is 1.61 bits per heavy atom. The molecule has 1 fully saturated rings. The first kappa shape index (κ1) is 26.9. The van der Waals surface area contributed by atoms with Crippen molar-refractivity contribution in [3.8, 4) is 0 Å². The fourth-order valence-electron chi connectivity index (χ4n) is 5.92. The van der Waals surface area contributed by atoms with Gasteiger partial charge in [-0.1, -0.05) is 42.5 Å². The summed E-state index contributed by atoms with van der Waals surface area (Å²) in [5.41, 5.74) is 8.83. The minimum atomic E-state index is -0.365. The predicted molar refractivity (Wildman–Crippen MR) is 164 cm³/mol. The van der Waals surface area contributed by atoms with E-state index >= 15 is 0 Å². The molecule has 1 N–H and O–H groups in total. The second-order valence-electron chi connectivity index (χ2n) is 11.3. The van der Waals surface area contributed by atoms with Crippen molar-refractivity contribution < 1.29 is 0 Å². The van der Waals surface area contributed by atoms with Crippen molar-refractivity contribution in [2.24, 2.45) is 0 Å². The zero-order valence-electron chi connectivity index (χ0n) is 24.3. The van der Waals surface area contributed by atoms with E-state index in [-0.39, 0.29) is 11.6 Å². The van der Waals surface area contributed by atoms with Gasteiger partial charge in [0.25, 0.3) is 5.56 Å². The Bertz CT molecular complexity index is 1730. The maximum Gasteiger partial charge on any atom is 0.253 e. The lowest BCUT2D eigenvalue weighted by atomic mass is 10.00. The number of pyridine rings is 1. The Hall–Kier alpha value is -4.30. The van der Waals surface area contributed by atoms with E-state index in [1.165, 1.54) is 27.9 Å². The number of anilines is 1. The number of hydrogen-bond acceptors (Lipinski definition) is 6. The monoisotopic (exact) mass is 547 g/mol. The van der Waals surface area contributed by atoms with Gasteiger partial charge in [-0.25, -0.2) is 4.68 Å². The molecule has 5 aromatic rings. The average molecular weight is 548 g/mol. The minimum Gasteiger partial charge on any atom is -0.369 e. The molecule has 2 aromatic heterocycles. The number of rotatable bonds is 7. The summed E-state index contributed by atoms with van der Waals surface area (Å²) in [6, 6.07) is 22.9. The lowest BCUT2D eigenvalue weighted by Gasteiger charge is -2.40. The van der Waals surface area contributed by atoms with E-state index in [9.17, 15) is 4.79 Å². The Morgan fingerprint density at radius 3 is 2.39 bits per heavy atom. The van der Waals surface area contributed by atoms with Crippen LogP contribution in [0, 0.1) is 27.7 Å². The van der Waals surface area contributed by atoms with Gasteiger partial charge in [-0.15, -0.1) is 5.10 Å². The topological polar surface area (TPSA) is 82.9 Å². The van der Waals surface area contributed by atoms with E-state index < -0.39 is 0 Å². The molecule has 1 aliphatic heterocycles. The molecule has 8 heteroatoms. The van der Waals surface area contributed by atoms with Crippen molar-refractivity contribution in [1.82, 2.24) is 30.1 Å². The van der Waals surface area contributed by atoms with Crippen molar-refractivity contribution in [2.45, 2.75) is 46.7 Å². The van der Waals surface area contributed by atoms with E-state index in [1.807, 2.05) is 28.9 Å². The summed E-state index contributed by atoms with van der Waals surface area (Å²) in [5, 5.41) is 14.0. The maximum atomic E-state index is 13.7. The number of piperazine rings is 1. The lowest BCUT2D eigenvalue weighted by Crippen LogP contribution is -2.49. The SMILES string of the molecule is Cc1ccc(C)c(N2CCN([C@H](c3cc4cc(C)c(C)cc4[nH]c3=O)c3nnnn3CCc3ccccc3)CC2)c1. The van der Waals surface area contributed by atoms with Crippen molar-refractivity contribution >= 4 is 16.6 Å². The van der Waals surface area contributed by atoms with Gasteiger partial charge in [-0.2, -0.15) is 0 Å². The highest BCUT2D eigenvalue weighted by Crippen LogP contribution is 2.30. The zero-order chi connectivity index (χ0) is 28.5. The highest BCUT2D eigenvalue weighted by Gasteiger charge is 2.33. The third-order valence-corrected chi connectivity index (χ3v) is 8.43. The molecular formula is C33H37N7O. The van der Waals surface area contributed by atoms with E-state index in [4.69, 9.17) is 0 Å². The summed E-state index contributed by atoms with van der Waals surface area (Å²) in [4.78, 5) is 21.7. The van der Waals surface area contributed by atoms with E-state index in [0.717, 1.165) is 49.1 Å². The molecule has 1 atom stereocenters. The number of tetrazole rings is 1. The van der Waals surface area contributed by atoms with E-state index in [0.29, 0.717) is 17.9 Å². The molecular weight excluding hydrogens is 510 g/mol. The van der Waals surface area contributed by atoms with E-state index in [1.54, 1.807) is 0 Å². The molecule has 6 rings (SSSR count). The fraction of sp³-hybridized carbons (Fsp3) is 0.333. The molecule has 0 aliphatic carbocycles. The van der Waals surface area contributed by atoms with Crippen LogP contribution in [0.2, 0.25) is 0 Å². The molecule has 210 valence electrons. The molecule has 41 heavy (non-hydrogen) atoms. The van der Waals surface area contributed by atoms with Crippen molar-refractivity contribution in [1.29, 1.82) is 0 Å². The maximum absolute atomic E-state index is 13.7. The van der Waals surface area contributed by atoms with Crippen LogP contribution in [-0.2, 0) is 13.0 Å². The molecule has 3 heterocycles. The smallest absolute Gasteiger partial charge is 0.253 e. The van der Waals surface area contributed by atoms with Crippen LogP contribution in [0.4, 0.5) is 5.69 Å². The summed E-state index contributed by atoms with van der Waals surface area (Å²) in [6.07, 6.45) is 0.804. The molecule has 0 bridgehead atoms. The van der Waals surface area contributed by atoms with Crippen LogP contribution in [0.15, 0.2) is 71.5 Å². The van der Waals surface area contributed by atoms with Crippen LogP contribution in [0.25, 0.3) is 10.9 Å². The number of nitrogens with one attached hydrogen (secondary N) is 1. The fourth-order valence-corrected chi connectivity index (χ4v) is 5.92. The standard InChI is InChI=1S/C33H37N7O/c1-22-10-11-23(2)30(18-22)38-14-16-39(17-15-38)31(28-21-27-19-24(3)25(4)20-29(27)34-33(28)41)32-35-36-37-40(32)13-12-26-8-6-5-7-9-26/h5-11,18-21,31H,12-17H2,1-4H3,(H,34,41)/t31-/m1/s1. The number of fused-ring (bicyclic) bond motifs is 1. The summed E-state index contributed by atoms with van der Waals surface area (Å²) in [6.45, 7) is 12.4. The molecule has 0 spiro atoms. The first-order valence-electron chi connectivity index (χ1n) is 14.4. The van der Waals surface area contributed by atoms with Gasteiger partial charge < -0.3 is 9.88 Å². The number of hydrogen-bond donors (Lipinski definition) is 1. The number of benzene rings is 3. The van der Waals surface area contributed by atoms with Crippen LogP contribution in [0.3, 0.4) is 0 Å². The summed E-state index contributed by atoms with van der Waals surface area (Å²) in [5.74, 6) is 0.704.